The molecular weight excluding hydrogens is 330 g/mol. The van der Waals surface area contributed by atoms with E-state index < -0.39 is 17.6 Å². The van der Waals surface area contributed by atoms with Gasteiger partial charge in [-0.3, -0.25) is 14.4 Å². The molecule has 146 valence electrons. The Morgan fingerprint density at radius 2 is 1.85 bits per heavy atom. The first-order valence-corrected chi connectivity index (χ1v) is 9.58. The molecule has 1 heterocycles. The van der Waals surface area contributed by atoms with Crippen molar-refractivity contribution in [3.63, 3.8) is 0 Å². The minimum absolute atomic E-state index is 0.153. The monoisotopic (exact) mass is 363 g/mol. The summed E-state index contributed by atoms with van der Waals surface area (Å²) in [6, 6.07) is -1.34. The van der Waals surface area contributed by atoms with Crippen LogP contribution in [0.1, 0.15) is 59.8 Å². The average molecular weight is 364 g/mol. The molecule has 0 aromatic carbocycles. The van der Waals surface area contributed by atoms with Gasteiger partial charge in [0.2, 0.25) is 11.7 Å². The SMILES string of the molecule is C=C([C@@H](N)C(C)(C)C)N1CCC[C@H]1C(=O)NC(CC1CC1)C(=O)C(C)=O. The number of hydrogen-bond donors (Lipinski definition) is 2. The second-order valence-electron chi connectivity index (χ2n) is 8.85. The predicted molar refractivity (Wildman–Crippen MR) is 101 cm³/mol. The lowest BCUT2D eigenvalue weighted by atomic mass is 9.85. The molecule has 3 atom stereocenters. The van der Waals surface area contributed by atoms with E-state index in [9.17, 15) is 14.4 Å². The van der Waals surface area contributed by atoms with Crippen LogP contribution in [0.3, 0.4) is 0 Å². The van der Waals surface area contributed by atoms with Gasteiger partial charge >= 0.3 is 0 Å². The molecule has 1 unspecified atom stereocenters. The molecule has 3 N–H and O–H groups in total. The maximum absolute atomic E-state index is 12.9. The summed E-state index contributed by atoms with van der Waals surface area (Å²) in [6.07, 6.45) is 4.25. The van der Waals surface area contributed by atoms with Gasteiger partial charge in [0.25, 0.3) is 0 Å². The number of Topliss-reactive ketones (excluding diaryl/α,β-unsaturated/α-hetero) is 2. The molecule has 1 saturated heterocycles. The van der Waals surface area contributed by atoms with Crippen LogP contribution in [-0.4, -0.2) is 47.0 Å². The third kappa shape index (κ3) is 4.93. The molecular formula is C20H33N3O3. The minimum atomic E-state index is -0.709. The molecule has 2 aliphatic rings. The smallest absolute Gasteiger partial charge is 0.243 e. The number of nitrogens with two attached hydrogens (primary N) is 1. The zero-order chi connectivity index (χ0) is 19.6. The van der Waals surface area contributed by atoms with Gasteiger partial charge in [0, 0.05) is 25.2 Å². The summed E-state index contributed by atoms with van der Waals surface area (Å²) in [6.45, 7) is 12.3. The summed E-state index contributed by atoms with van der Waals surface area (Å²) in [5, 5.41) is 2.84. The van der Waals surface area contributed by atoms with Crippen LogP contribution in [0.25, 0.3) is 0 Å². The molecule has 1 amide bonds. The second kappa shape index (κ2) is 7.91. The van der Waals surface area contributed by atoms with Gasteiger partial charge in [0.1, 0.15) is 6.04 Å². The van der Waals surface area contributed by atoms with Crippen LogP contribution in [0.5, 0.6) is 0 Å². The Hall–Kier alpha value is -1.69. The number of amides is 1. The van der Waals surface area contributed by atoms with Gasteiger partial charge in [-0.1, -0.05) is 40.2 Å². The fourth-order valence-corrected chi connectivity index (χ4v) is 3.49. The molecule has 26 heavy (non-hydrogen) atoms. The van der Waals surface area contributed by atoms with Gasteiger partial charge in [0.05, 0.1) is 6.04 Å². The summed E-state index contributed by atoms with van der Waals surface area (Å²) >= 11 is 0. The molecule has 1 aliphatic carbocycles. The van der Waals surface area contributed by atoms with Gasteiger partial charge in [0.15, 0.2) is 5.78 Å². The number of rotatable bonds is 8. The van der Waals surface area contributed by atoms with E-state index in [1.165, 1.54) is 6.92 Å². The molecule has 0 aromatic rings. The van der Waals surface area contributed by atoms with Gasteiger partial charge in [-0.15, -0.1) is 0 Å². The van der Waals surface area contributed by atoms with Gasteiger partial charge < -0.3 is 16.0 Å². The van der Waals surface area contributed by atoms with Crippen molar-refractivity contribution in [2.24, 2.45) is 17.1 Å². The number of nitrogens with one attached hydrogen (secondary N) is 1. The van der Waals surface area contributed by atoms with Crippen molar-refractivity contribution in [1.82, 2.24) is 10.2 Å². The summed E-state index contributed by atoms with van der Waals surface area (Å²) in [5.74, 6) is -0.768. The minimum Gasteiger partial charge on any atom is -0.362 e. The number of carbonyl (C=O) groups is 3. The van der Waals surface area contributed by atoms with Crippen LogP contribution >= 0.6 is 0 Å². The summed E-state index contributed by atoms with van der Waals surface area (Å²) in [5.41, 5.74) is 6.93. The van der Waals surface area contributed by atoms with E-state index >= 15 is 0 Å². The Morgan fingerprint density at radius 1 is 1.23 bits per heavy atom. The summed E-state index contributed by atoms with van der Waals surface area (Å²) < 4.78 is 0. The molecule has 2 rings (SSSR count). The topological polar surface area (TPSA) is 92.5 Å². The maximum atomic E-state index is 12.9. The number of carbonyl (C=O) groups excluding carboxylic acids is 3. The van der Waals surface area contributed by atoms with Crippen LogP contribution in [0, 0.1) is 11.3 Å². The van der Waals surface area contributed by atoms with Crippen LogP contribution < -0.4 is 11.1 Å². The molecule has 0 aromatic heterocycles. The van der Waals surface area contributed by atoms with E-state index in [0.717, 1.165) is 31.5 Å². The number of ketones is 2. The number of hydrogen-bond acceptors (Lipinski definition) is 5. The highest BCUT2D eigenvalue weighted by Gasteiger charge is 2.38. The van der Waals surface area contributed by atoms with E-state index in [1.807, 2.05) is 25.7 Å². The largest absolute Gasteiger partial charge is 0.362 e. The van der Waals surface area contributed by atoms with Crippen LogP contribution in [0.2, 0.25) is 0 Å². The number of likely N-dealkylation sites (tertiary alicyclic amines) is 1. The van der Waals surface area contributed by atoms with Gasteiger partial charge in [-0.05, 0) is 30.6 Å². The Morgan fingerprint density at radius 3 is 2.35 bits per heavy atom. The van der Waals surface area contributed by atoms with Crippen molar-refractivity contribution < 1.29 is 14.4 Å². The first kappa shape index (κ1) is 20.6. The molecule has 0 bridgehead atoms. The van der Waals surface area contributed by atoms with Crippen LogP contribution in [0.4, 0.5) is 0 Å². The summed E-state index contributed by atoms with van der Waals surface area (Å²) in [4.78, 5) is 38.6. The molecule has 1 aliphatic heterocycles. The van der Waals surface area contributed by atoms with E-state index in [0.29, 0.717) is 18.8 Å². The first-order valence-electron chi connectivity index (χ1n) is 9.58. The lowest BCUT2D eigenvalue weighted by molar-refractivity contribution is -0.138. The third-order valence-electron chi connectivity index (χ3n) is 5.46. The van der Waals surface area contributed by atoms with Crippen molar-refractivity contribution >= 4 is 17.5 Å². The zero-order valence-corrected chi connectivity index (χ0v) is 16.5. The van der Waals surface area contributed by atoms with Gasteiger partial charge in [-0.25, -0.2) is 0 Å². The van der Waals surface area contributed by atoms with Crippen LogP contribution in [-0.2, 0) is 14.4 Å². The quantitative estimate of drug-likeness (QED) is 0.641. The van der Waals surface area contributed by atoms with E-state index in [-0.39, 0.29) is 23.4 Å². The summed E-state index contributed by atoms with van der Waals surface area (Å²) in [7, 11) is 0. The Balaban J connectivity index is 2.07. The molecule has 6 nitrogen and oxygen atoms in total. The van der Waals surface area contributed by atoms with Crippen LogP contribution in [0.15, 0.2) is 12.3 Å². The third-order valence-corrected chi connectivity index (χ3v) is 5.46. The lowest BCUT2D eigenvalue weighted by Crippen LogP contribution is -2.52. The highest BCUT2D eigenvalue weighted by Crippen LogP contribution is 2.34. The fraction of sp³-hybridized carbons (Fsp3) is 0.750. The molecule has 1 saturated carbocycles. The average Bonchev–Trinajstić information content (AvgIpc) is 3.23. The van der Waals surface area contributed by atoms with E-state index in [2.05, 4.69) is 11.9 Å². The molecule has 6 heteroatoms. The van der Waals surface area contributed by atoms with Crippen molar-refractivity contribution in [1.29, 1.82) is 0 Å². The second-order valence-corrected chi connectivity index (χ2v) is 8.85. The standard InChI is InChI=1S/C20H33N3O3/c1-12(18(21)20(3,4)5)23-10-6-7-16(23)19(26)22-15(11-14-8-9-14)17(25)13(2)24/h14-16,18H,1,6-11,21H2,2-5H3,(H,22,26)/t15?,16-,18+/m0/s1. The molecule has 0 spiro atoms. The van der Waals surface area contributed by atoms with Crippen molar-refractivity contribution in [3.05, 3.63) is 12.3 Å². The van der Waals surface area contributed by atoms with Crippen molar-refractivity contribution in [2.45, 2.75) is 77.9 Å². The molecule has 0 radical (unpaired) electrons. The highest BCUT2D eigenvalue weighted by atomic mass is 16.2. The Bertz CT molecular complexity index is 590. The van der Waals surface area contributed by atoms with E-state index in [1.54, 1.807) is 0 Å². The first-order chi connectivity index (χ1) is 12.0. The zero-order valence-electron chi connectivity index (χ0n) is 16.5. The highest BCUT2D eigenvalue weighted by molar-refractivity contribution is 6.38. The van der Waals surface area contributed by atoms with Crippen molar-refractivity contribution in [3.8, 4) is 0 Å². The normalized spacial score (nSPS) is 22.7. The fourth-order valence-electron chi connectivity index (χ4n) is 3.49. The van der Waals surface area contributed by atoms with E-state index in [4.69, 9.17) is 5.73 Å². The maximum Gasteiger partial charge on any atom is 0.243 e. The van der Waals surface area contributed by atoms with Gasteiger partial charge in [-0.2, -0.15) is 0 Å². The number of nitrogens with zero attached hydrogens (tertiary/aromatic N) is 1. The lowest BCUT2D eigenvalue weighted by Gasteiger charge is -2.37. The molecule has 2 fully saturated rings. The predicted octanol–water partition coefficient (Wildman–Crippen LogP) is 1.78. The Labute approximate surface area is 156 Å². The Kier molecular flexibility index (Phi) is 6.27. The van der Waals surface area contributed by atoms with Crippen molar-refractivity contribution in [2.75, 3.05) is 6.54 Å².